The van der Waals surface area contributed by atoms with E-state index in [-0.39, 0.29) is 18.2 Å². The minimum absolute atomic E-state index is 0.0960. The lowest BCUT2D eigenvalue weighted by molar-refractivity contribution is 0.0180. The summed E-state index contributed by atoms with van der Waals surface area (Å²) in [5, 5.41) is 6.92. The number of benzene rings is 1. The second kappa shape index (κ2) is 7.05. The maximum atomic E-state index is 12.2. The molecule has 7 nitrogen and oxygen atoms in total. The highest BCUT2D eigenvalue weighted by Crippen LogP contribution is 2.35. The molecule has 0 bridgehead atoms. The van der Waals surface area contributed by atoms with E-state index in [9.17, 15) is 9.59 Å². The third-order valence-electron chi connectivity index (χ3n) is 4.73. The molecule has 1 aromatic carbocycles. The summed E-state index contributed by atoms with van der Waals surface area (Å²) in [6.45, 7) is 7.00. The van der Waals surface area contributed by atoms with E-state index >= 15 is 0 Å². The maximum Gasteiger partial charge on any atom is 0.410 e. The molecule has 1 atom stereocenters. The van der Waals surface area contributed by atoms with Crippen LogP contribution >= 0.6 is 0 Å². The smallest absolute Gasteiger partial charge is 0.410 e. The number of nitrogens with one attached hydrogen (secondary N) is 2. The number of likely N-dealkylation sites (tertiary alicyclic amines) is 1. The molecule has 2 N–H and O–H groups in total. The average Bonchev–Trinajstić information content (AvgIpc) is 3.02. The Labute approximate surface area is 154 Å². The Morgan fingerprint density at radius 2 is 1.77 bits per heavy atom. The molecule has 0 spiro atoms. The molecule has 2 aliphatic rings. The zero-order valence-corrected chi connectivity index (χ0v) is 15.8. The quantitative estimate of drug-likeness (QED) is 0.787. The molecule has 2 heterocycles. The number of piperidine rings is 1. The average molecular weight is 361 g/mol. The summed E-state index contributed by atoms with van der Waals surface area (Å²) in [6, 6.07) is 5.46. The van der Waals surface area contributed by atoms with E-state index in [1.807, 2.05) is 32.9 Å². The Hall–Kier alpha value is -2.44. The summed E-state index contributed by atoms with van der Waals surface area (Å²) >= 11 is 0. The molecule has 0 aliphatic carbocycles. The highest BCUT2D eigenvalue weighted by atomic mass is 16.6. The predicted molar refractivity (Wildman–Crippen MR) is 99.3 cm³/mol. The number of hydrogen-bond acceptors (Lipinski definition) is 6. The topological polar surface area (TPSA) is 79.9 Å². The van der Waals surface area contributed by atoms with E-state index in [0.717, 1.165) is 24.2 Å². The van der Waals surface area contributed by atoms with Crippen LogP contribution in [0.5, 0.6) is 0 Å². The van der Waals surface area contributed by atoms with Gasteiger partial charge in [0, 0.05) is 19.0 Å². The third-order valence-corrected chi connectivity index (χ3v) is 4.73. The van der Waals surface area contributed by atoms with Crippen molar-refractivity contribution >= 4 is 23.4 Å². The minimum atomic E-state index is -0.471. The van der Waals surface area contributed by atoms with Crippen LogP contribution in [0.3, 0.4) is 0 Å². The van der Waals surface area contributed by atoms with Gasteiger partial charge in [-0.3, -0.25) is 0 Å². The molecule has 1 aromatic rings. The van der Waals surface area contributed by atoms with Gasteiger partial charge in [0.1, 0.15) is 5.60 Å². The number of esters is 1. The molecule has 1 amide bonds. The van der Waals surface area contributed by atoms with Crippen molar-refractivity contribution in [3.8, 4) is 0 Å². The number of amides is 1. The zero-order valence-electron chi connectivity index (χ0n) is 15.8. The molecule has 1 unspecified atom stereocenters. The van der Waals surface area contributed by atoms with Gasteiger partial charge in [-0.15, -0.1) is 0 Å². The van der Waals surface area contributed by atoms with Gasteiger partial charge in [0.15, 0.2) is 0 Å². The summed E-state index contributed by atoms with van der Waals surface area (Å²) in [4.78, 5) is 25.6. The Morgan fingerprint density at radius 1 is 1.12 bits per heavy atom. The van der Waals surface area contributed by atoms with Crippen LogP contribution in [0, 0.1) is 5.92 Å². The van der Waals surface area contributed by atoms with E-state index in [1.54, 1.807) is 11.0 Å². The van der Waals surface area contributed by atoms with Crippen LogP contribution in [0.2, 0.25) is 0 Å². The number of nitrogens with zero attached hydrogens (tertiary/aromatic N) is 1. The number of fused-ring (bicyclic) bond motifs is 1. The minimum Gasteiger partial charge on any atom is -0.465 e. The highest BCUT2D eigenvalue weighted by Gasteiger charge is 2.33. The Morgan fingerprint density at radius 3 is 2.38 bits per heavy atom. The molecule has 0 radical (unpaired) electrons. The van der Waals surface area contributed by atoms with Gasteiger partial charge in [-0.25, -0.2) is 9.59 Å². The Kier molecular flexibility index (Phi) is 4.98. The number of carbonyl (C=O) groups is 2. The van der Waals surface area contributed by atoms with Gasteiger partial charge < -0.3 is 25.0 Å². The van der Waals surface area contributed by atoms with Gasteiger partial charge >= 0.3 is 12.1 Å². The lowest BCUT2D eigenvalue weighted by Gasteiger charge is -2.35. The van der Waals surface area contributed by atoms with Crippen LogP contribution in [-0.4, -0.2) is 48.9 Å². The number of methoxy groups -OCH3 is 1. The summed E-state index contributed by atoms with van der Waals surface area (Å²) in [7, 11) is 1.38. The zero-order chi connectivity index (χ0) is 18.9. The van der Waals surface area contributed by atoms with Crippen molar-refractivity contribution in [1.29, 1.82) is 0 Å². The van der Waals surface area contributed by atoms with Gasteiger partial charge in [-0.2, -0.15) is 0 Å². The fourth-order valence-corrected chi connectivity index (χ4v) is 3.38. The van der Waals surface area contributed by atoms with Crippen molar-refractivity contribution in [2.75, 3.05) is 30.8 Å². The van der Waals surface area contributed by atoms with E-state index in [2.05, 4.69) is 10.6 Å². The summed E-state index contributed by atoms with van der Waals surface area (Å²) < 4.78 is 10.2. The standard InChI is InChI=1S/C19H27N3O4/c1-19(2,3)26-18(24)22-9-7-12(8-10-22)16-20-14-6-5-13(17(23)25-4)11-15(14)21-16/h5-6,11-12,16,20-21H,7-10H2,1-4H3. The van der Waals surface area contributed by atoms with Crippen LogP contribution in [0.1, 0.15) is 44.0 Å². The number of carbonyl (C=O) groups excluding carboxylic acids is 2. The molecular formula is C19H27N3O4. The second-order valence-corrected chi connectivity index (χ2v) is 7.82. The van der Waals surface area contributed by atoms with Gasteiger partial charge in [-0.05, 0) is 51.8 Å². The number of ether oxygens (including phenoxy) is 2. The molecule has 7 heteroatoms. The monoisotopic (exact) mass is 361 g/mol. The summed E-state index contributed by atoms with van der Waals surface area (Å²) in [5.74, 6) is 0.0476. The van der Waals surface area contributed by atoms with Gasteiger partial charge in [0.2, 0.25) is 0 Å². The first-order valence-electron chi connectivity index (χ1n) is 9.00. The number of hydrogen-bond donors (Lipinski definition) is 2. The highest BCUT2D eigenvalue weighted by molar-refractivity contribution is 5.92. The number of rotatable bonds is 2. The van der Waals surface area contributed by atoms with Gasteiger partial charge in [0.25, 0.3) is 0 Å². The second-order valence-electron chi connectivity index (χ2n) is 7.82. The van der Waals surface area contributed by atoms with E-state index in [4.69, 9.17) is 9.47 Å². The predicted octanol–water partition coefficient (Wildman–Crippen LogP) is 3.28. The van der Waals surface area contributed by atoms with Crippen LogP contribution in [0.15, 0.2) is 18.2 Å². The first-order chi connectivity index (χ1) is 12.3. The van der Waals surface area contributed by atoms with Crippen molar-refractivity contribution in [2.24, 2.45) is 5.92 Å². The van der Waals surface area contributed by atoms with Crippen molar-refractivity contribution < 1.29 is 19.1 Å². The lowest BCUT2D eigenvalue weighted by atomic mass is 9.94. The normalized spacial score (nSPS) is 20.0. The fourth-order valence-electron chi connectivity index (χ4n) is 3.38. The van der Waals surface area contributed by atoms with Gasteiger partial charge in [0.05, 0.1) is 30.2 Å². The fraction of sp³-hybridized carbons (Fsp3) is 0.579. The lowest BCUT2D eigenvalue weighted by Crippen LogP contribution is -2.45. The molecule has 2 aliphatic heterocycles. The van der Waals surface area contributed by atoms with Crippen molar-refractivity contribution in [1.82, 2.24) is 4.90 Å². The SMILES string of the molecule is COC(=O)c1ccc2c(c1)NC(C1CCN(C(=O)OC(C)(C)C)CC1)N2. The first kappa shape index (κ1) is 18.4. The van der Waals surface area contributed by atoms with Crippen LogP contribution in [0.4, 0.5) is 16.2 Å². The third kappa shape index (κ3) is 4.03. The van der Waals surface area contributed by atoms with E-state index < -0.39 is 5.60 Å². The van der Waals surface area contributed by atoms with Crippen LogP contribution < -0.4 is 10.6 Å². The maximum absolute atomic E-state index is 12.2. The largest absolute Gasteiger partial charge is 0.465 e. The molecule has 1 fully saturated rings. The first-order valence-corrected chi connectivity index (χ1v) is 9.00. The molecule has 142 valence electrons. The van der Waals surface area contributed by atoms with Crippen LogP contribution in [-0.2, 0) is 9.47 Å². The molecule has 3 rings (SSSR count). The Balaban J connectivity index is 1.56. The van der Waals surface area contributed by atoms with E-state index in [1.165, 1.54) is 7.11 Å². The Bertz CT molecular complexity index is 691. The molecule has 0 saturated carbocycles. The summed E-state index contributed by atoms with van der Waals surface area (Å²) in [5.41, 5.74) is 1.95. The van der Waals surface area contributed by atoms with Crippen LogP contribution in [0.25, 0.3) is 0 Å². The summed E-state index contributed by atoms with van der Waals surface area (Å²) in [6.07, 6.45) is 1.64. The molecule has 26 heavy (non-hydrogen) atoms. The molecule has 0 aromatic heterocycles. The molecular weight excluding hydrogens is 334 g/mol. The van der Waals surface area contributed by atoms with Crippen molar-refractivity contribution in [3.63, 3.8) is 0 Å². The van der Waals surface area contributed by atoms with Crippen molar-refractivity contribution in [2.45, 2.75) is 45.4 Å². The van der Waals surface area contributed by atoms with Crippen molar-refractivity contribution in [3.05, 3.63) is 23.8 Å². The number of anilines is 2. The van der Waals surface area contributed by atoms with E-state index in [0.29, 0.717) is 24.6 Å². The molecule has 1 saturated heterocycles. The van der Waals surface area contributed by atoms with Gasteiger partial charge in [-0.1, -0.05) is 0 Å².